The molecule has 1 N–H and O–H groups in total. The Balaban J connectivity index is 1.77. The zero-order chi connectivity index (χ0) is 21.1. The maximum atomic E-state index is 13.0. The number of nitrogens with zero attached hydrogens (tertiary/aromatic N) is 1. The van der Waals surface area contributed by atoms with Gasteiger partial charge in [-0.25, -0.2) is 4.39 Å². The Morgan fingerprint density at radius 3 is 2.59 bits per heavy atom. The summed E-state index contributed by atoms with van der Waals surface area (Å²) in [5, 5.41) is 8.42. The molecule has 0 radical (unpaired) electrons. The van der Waals surface area contributed by atoms with Crippen molar-refractivity contribution in [1.82, 2.24) is 4.90 Å². The second kappa shape index (κ2) is 8.98. The highest BCUT2D eigenvalue weighted by Gasteiger charge is 2.36. The van der Waals surface area contributed by atoms with Gasteiger partial charge in [0.1, 0.15) is 19.0 Å². The van der Waals surface area contributed by atoms with Crippen LogP contribution in [0.4, 0.5) is 9.18 Å². The fourth-order valence-electron chi connectivity index (χ4n) is 2.46. The maximum absolute atomic E-state index is 13.0. The fourth-order valence-corrected chi connectivity index (χ4v) is 4.29. The first kappa shape index (κ1) is 21.4. The summed E-state index contributed by atoms with van der Waals surface area (Å²) in [4.78, 5) is 35.6. The van der Waals surface area contributed by atoms with E-state index < -0.39 is 23.7 Å². The first-order chi connectivity index (χ1) is 13.7. The predicted molar refractivity (Wildman–Crippen MR) is 110 cm³/mol. The van der Waals surface area contributed by atoms with Crippen molar-refractivity contribution in [2.45, 2.75) is 6.61 Å². The highest BCUT2D eigenvalue weighted by molar-refractivity contribution is 9.10. The van der Waals surface area contributed by atoms with Crippen molar-refractivity contribution in [2.24, 2.45) is 0 Å². The number of carboxylic acid groups (broad SMARTS) is 1. The molecule has 0 unspecified atom stereocenters. The van der Waals surface area contributed by atoms with E-state index in [2.05, 4.69) is 15.9 Å². The van der Waals surface area contributed by atoms with Crippen molar-refractivity contribution < 1.29 is 28.6 Å². The SMILES string of the molecule is O=C(O)CN1C(=O)S/C(=C/c2cc(Cl)c(OCc3ccc(F)cc3)c(Br)c2)C1=O. The van der Waals surface area contributed by atoms with Gasteiger partial charge in [-0.3, -0.25) is 19.3 Å². The number of benzene rings is 2. The quantitative estimate of drug-likeness (QED) is 0.566. The molecule has 2 aromatic carbocycles. The zero-order valence-corrected chi connectivity index (χ0v) is 17.7. The molecule has 150 valence electrons. The highest BCUT2D eigenvalue weighted by Crippen LogP contribution is 2.37. The topological polar surface area (TPSA) is 83.9 Å². The van der Waals surface area contributed by atoms with Gasteiger partial charge >= 0.3 is 5.97 Å². The summed E-state index contributed by atoms with van der Waals surface area (Å²) in [6, 6.07) is 9.05. The van der Waals surface area contributed by atoms with Crippen molar-refractivity contribution in [1.29, 1.82) is 0 Å². The van der Waals surface area contributed by atoms with Crippen LogP contribution >= 0.6 is 39.3 Å². The largest absolute Gasteiger partial charge is 0.486 e. The number of thioether (sulfide) groups is 1. The van der Waals surface area contributed by atoms with Crippen molar-refractivity contribution in [3.63, 3.8) is 0 Å². The number of rotatable bonds is 6. The van der Waals surface area contributed by atoms with Gasteiger partial charge in [0, 0.05) is 0 Å². The standard InChI is InChI=1S/C19H12BrClFNO5S/c20-13-5-11(7-15-18(26)23(8-16(24)25)19(27)29-15)6-14(21)17(13)28-9-10-1-3-12(22)4-2-10/h1-7H,8-9H2,(H,24,25)/b15-7+. The van der Waals surface area contributed by atoms with E-state index in [1.54, 1.807) is 24.3 Å². The maximum Gasteiger partial charge on any atom is 0.323 e. The molecular formula is C19H12BrClFNO5S. The third kappa shape index (κ3) is 5.17. The number of hydrogen-bond acceptors (Lipinski definition) is 5. The van der Waals surface area contributed by atoms with Gasteiger partial charge in [0.05, 0.1) is 14.4 Å². The van der Waals surface area contributed by atoms with Gasteiger partial charge in [-0.05, 0) is 69.2 Å². The van der Waals surface area contributed by atoms with Crippen molar-refractivity contribution >= 4 is 62.5 Å². The number of hydrogen-bond donors (Lipinski definition) is 1. The van der Waals surface area contributed by atoms with Crippen LogP contribution in [0.2, 0.25) is 5.02 Å². The van der Waals surface area contributed by atoms with Crippen LogP contribution in [0, 0.1) is 5.82 Å². The third-order valence-corrected chi connectivity index (χ3v) is 5.56. The average Bonchev–Trinajstić information content (AvgIpc) is 2.89. The molecule has 1 fully saturated rings. The molecule has 1 heterocycles. The first-order valence-corrected chi connectivity index (χ1v) is 10.1. The van der Waals surface area contributed by atoms with E-state index in [1.165, 1.54) is 18.2 Å². The minimum Gasteiger partial charge on any atom is -0.486 e. The van der Waals surface area contributed by atoms with Gasteiger partial charge in [-0.2, -0.15) is 0 Å². The molecular weight excluding hydrogens is 489 g/mol. The van der Waals surface area contributed by atoms with Crippen LogP contribution in [0.1, 0.15) is 11.1 Å². The molecule has 0 saturated carbocycles. The van der Waals surface area contributed by atoms with E-state index in [9.17, 15) is 18.8 Å². The van der Waals surface area contributed by atoms with Crippen LogP contribution in [0.15, 0.2) is 45.8 Å². The van der Waals surface area contributed by atoms with Crippen LogP contribution in [-0.4, -0.2) is 33.7 Å². The van der Waals surface area contributed by atoms with Gasteiger partial charge in [0.15, 0.2) is 5.75 Å². The average molecular weight is 501 g/mol. The van der Waals surface area contributed by atoms with Crippen LogP contribution in [0.5, 0.6) is 5.75 Å². The molecule has 10 heteroatoms. The van der Waals surface area contributed by atoms with Gasteiger partial charge in [0.25, 0.3) is 11.1 Å². The van der Waals surface area contributed by atoms with Crippen LogP contribution < -0.4 is 4.74 Å². The summed E-state index contributed by atoms with van der Waals surface area (Å²) >= 11 is 10.3. The monoisotopic (exact) mass is 499 g/mol. The molecule has 0 aliphatic carbocycles. The lowest BCUT2D eigenvalue weighted by atomic mass is 10.2. The Bertz CT molecular complexity index is 1000. The third-order valence-electron chi connectivity index (χ3n) is 3.78. The second-order valence-electron chi connectivity index (χ2n) is 5.89. The Morgan fingerprint density at radius 1 is 1.28 bits per heavy atom. The smallest absolute Gasteiger partial charge is 0.323 e. The van der Waals surface area contributed by atoms with Gasteiger partial charge in [-0.1, -0.05) is 23.7 Å². The number of imide groups is 1. The second-order valence-corrected chi connectivity index (χ2v) is 8.15. The summed E-state index contributed by atoms with van der Waals surface area (Å²) in [6.45, 7) is -0.519. The highest BCUT2D eigenvalue weighted by atomic mass is 79.9. The number of ether oxygens (including phenoxy) is 1. The zero-order valence-electron chi connectivity index (χ0n) is 14.5. The fraction of sp³-hybridized carbons (Fsp3) is 0.105. The Morgan fingerprint density at radius 2 is 1.97 bits per heavy atom. The number of aliphatic carboxylic acids is 1. The Labute approximate surface area is 182 Å². The minimum atomic E-state index is -1.28. The van der Waals surface area contributed by atoms with Gasteiger partial charge < -0.3 is 9.84 Å². The van der Waals surface area contributed by atoms with Crippen molar-refractivity contribution in [2.75, 3.05) is 6.54 Å². The van der Waals surface area contributed by atoms with Crippen LogP contribution in [0.3, 0.4) is 0 Å². The summed E-state index contributed by atoms with van der Waals surface area (Å²) in [7, 11) is 0. The van der Waals surface area contributed by atoms with Gasteiger partial charge in [-0.15, -0.1) is 0 Å². The van der Waals surface area contributed by atoms with Crippen LogP contribution in [-0.2, 0) is 16.2 Å². The number of carboxylic acids is 1. The molecule has 1 aliphatic rings. The molecule has 2 aromatic rings. The molecule has 1 saturated heterocycles. The molecule has 0 aromatic heterocycles. The van der Waals surface area contributed by atoms with E-state index in [-0.39, 0.29) is 22.4 Å². The lowest BCUT2D eigenvalue weighted by molar-refractivity contribution is -0.140. The summed E-state index contributed by atoms with van der Waals surface area (Å²) in [6.07, 6.45) is 1.45. The van der Waals surface area contributed by atoms with E-state index >= 15 is 0 Å². The summed E-state index contributed by atoms with van der Waals surface area (Å²) < 4.78 is 19.2. The number of amides is 2. The summed E-state index contributed by atoms with van der Waals surface area (Å²) in [5.41, 5.74) is 1.28. The first-order valence-electron chi connectivity index (χ1n) is 8.08. The summed E-state index contributed by atoms with van der Waals surface area (Å²) in [5.74, 6) is -1.93. The van der Waals surface area contributed by atoms with Crippen molar-refractivity contribution in [3.05, 3.63) is 67.7 Å². The van der Waals surface area contributed by atoms with E-state index in [4.69, 9.17) is 21.4 Å². The molecule has 0 spiro atoms. The molecule has 0 atom stereocenters. The molecule has 6 nitrogen and oxygen atoms in total. The Hall–Kier alpha value is -2.36. The number of halogens is 3. The normalized spacial score (nSPS) is 15.3. The molecule has 1 aliphatic heterocycles. The van der Waals surface area contributed by atoms with E-state index in [1.807, 2.05) is 0 Å². The number of carbonyl (C=O) groups excluding carboxylic acids is 2. The lowest BCUT2D eigenvalue weighted by Crippen LogP contribution is -2.33. The molecule has 29 heavy (non-hydrogen) atoms. The van der Waals surface area contributed by atoms with Crippen molar-refractivity contribution in [3.8, 4) is 5.75 Å². The van der Waals surface area contributed by atoms with E-state index in [0.29, 0.717) is 32.4 Å². The van der Waals surface area contributed by atoms with Crippen LogP contribution in [0.25, 0.3) is 6.08 Å². The van der Waals surface area contributed by atoms with E-state index in [0.717, 1.165) is 5.56 Å². The number of carbonyl (C=O) groups is 3. The minimum absolute atomic E-state index is 0.0965. The molecule has 0 bridgehead atoms. The predicted octanol–water partition coefficient (Wildman–Crippen LogP) is 4.94. The lowest BCUT2D eigenvalue weighted by Gasteiger charge is -2.11. The molecule has 3 rings (SSSR count). The Kier molecular flexibility index (Phi) is 6.61. The van der Waals surface area contributed by atoms with Gasteiger partial charge in [0.2, 0.25) is 0 Å². The molecule has 2 amide bonds.